The van der Waals surface area contributed by atoms with Crippen molar-refractivity contribution in [1.82, 2.24) is 4.90 Å². The van der Waals surface area contributed by atoms with Gasteiger partial charge >= 0.3 is 0 Å². The highest BCUT2D eigenvalue weighted by atomic mass is 35.5. The van der Waals surface area contributed by atoms with Gasteiger partial charge in [0.1, 0.15) is 0 Å². The first-order valence-corrected chi connectivity index (χ1v) is 9.42. The molecule has 1 aliphatic heterocycles. The van der Waals surface area contributed by atoms with Crippen molar-refractivity contribution < 1.29 is 9.90 Å². The first kappa shape index (κ1) is 16.4. The Morgan fingerprint density at radius 1 is 1.29 bits per heavy atom. The molecule has 0 aromatic heterocycles. The second-order valence-corrected chi connectivity index (χ2v) is 9.15. The topological polar surface area (TPSA) is 40.5 Å². The Hall–Kier alpha value is -1.06. The van der Waals surface area contributed by atoms with Gasteiger partial charge in [0, 0.05) is 29.4 Å². The van der Waals surface area contributed by atoms with Crippen molar-refractivity contribution in [3.63, 3.8) is 0 Å². The van der Waals surface area contributed by atoms with Gasteiger partial charge in [-0.3, -0.25) is 4.79 Å². The van der Waals surface area contributed by atoms with Gasteiger partial charge in [0.15, 0.2) is 0 Å². The van der Waals surface area contributed by atoms with Gasteiger partial charge in [0.05, 0.1) is 5.60 Å². The summed E-state index contributed by atoms with van der Waals surface area (Å²) in [6.45, 7) is 5.71. The first-order valence-electron chi connectivity index (χ1n) is 9.04. The van der Waals surface area contributed by atoms with Gasteiger partial charge in [-0.25, -0.2) is 0 Å². The Balaban J connectivity index is 1.35. The Morgan fingerprint density at radius 2 is 2.00 bits per heavy atom. The molecule has 130 valence electrons. The molecular formula is C20H26ClNO2. The summed E-state index contributed by atoms with van der Waals surface area (Å²) in [6.07, 6.45) is 4.86. The van der Waals surface area contributed by atoms with Gasteiger partial charge in [-0.15, -0.1) is 0 Å². The van der Waals surface area contributed by atoms with Gasteiger partial charge in [-0.05, 0) is 69.1 Å². The highest BCUT2D eigenvalue weighted by Gasteiger charge is 2.53. The molecule has 0 radical (unpaired) electrons. The summed E-state index contributed by atoms with van der Waals surface area (Å²) in [6, 6.07) is 6.40. The van der Waals surface area contributed by atoms with Crippen molar-refractivity contribution in [2.24, 2.45) is 11.3 Å². The molecule has 4 rings (SSSR count). The van der Waals surface area contributed by atoms with E-state index in [1.54, 1.807) is 0 Å². The van der Waals surface area contributed by atoms with Gasteiger partial charge in [-0.2, -0.15) is 0 Å². The largest absolute Gasteiger partial charge is 0.390 e. The lowest BCUT2D eigenvalue weighted by atomic mass is 9.69. The zero-order valence-corrected chi connectivity index (χ0v) is 15.3. The lowest BCUT2D eigenvalue weighted by molar-refractivity contribution is -0.161. The van der Waals surface area contributed by atoms with Crippen LogP contribution in [0.4, 0.5) is 0 Å². The number of aliphatic hydroxyl groups is 1. The van der Waals surface area contributed by atoms with E-state index in [9.17, 15) is 9.90 Å². The van der Waals surface area contributed by atoms with Gasteiger partial charge in [-0.1, -0.05) is 23.7 Å². The minimum absolute atomic E-state index is 0.0495. The minimum atomic E-state index is -0.617. The van der Waals surface area contributed by atoms with Crippen LogP contribution in [0.15, 0.2) is 18.2 Å². The summed E-state index contributed by atoms with van der Waals surface area (Å²) in [5.41, 5.74) is 2.26. The third kappa shape index (κ3) is 2.76. The monoisotopic (exact) mass is 347 g/mol. The summed E-state index contributed by atoms with van der Waals surface area (Å²) in [5, 5.41) is 10.7. The molecule has 1 aromatic carbocycles. The SMILES string of the molecule is Cc1cc([C@H]2CCC3(C2)CN(C(=O)[C@H]2C[C@@](C)(O)C2)C3)ccc1Cl. The van der Waals surface area contributed by atoms with E-state index in [2.05, 4.69) is 19.1 Å². The van der Waals surface area contributed by atoms with Crippen LogP contribution in [0.25, 0.3) is 0 Å². The molecule has 1 aromatic rings. The molecular weight excluding hydrogens is 322 g/mol. The molecule has 1 heterocycles. The van der Waals surface area contributed by atoms with Crippen LogP contribution in [-0.4, -0.2) is 34.6 Å². The fraction of sp³-hybridized carbons (Fsp3) is 0.650. The van der Waals surface area contributed by atoms with E-state index in [-0.39, 0.29) is 11.8 Å². The maximum Gasteiger partial charge on any atom is 0.225 e. The van der Waals surface area contributed by atoms with E-state index >= 15 is 0 Å². The minimum Gasteiger partial charge on any atom is -0.390 e. The molecule has 1 spiro atoms. The predicted octanol–water partition coefficient (Wildman–Crippen LogP) is 3.91. The molecule has 4 heteroatoms. The molecule has 1 atom stereocenters. The number of carbonyl (C=O) groups excluding carboxylic acids is 1. The Morgan fingerprint density at radius 3 is 2.62 bits per heavy atom. The molecule has 3 fully saturated rings. The number of hydrogen-bond acceptors (Lipinski definition) is 2. The third-order valence-corrected chi connectivity index (χ3v) is 6.87. The van der Waals surface area contributed by atoms with Crippen LogP contribution in [0.1, 0.15) is 56.1 Å². The smallest absolute Gasteiger partial charge is 0.225 e. The van der Waals surface area contributed by atoms with Crippen molar-refractivity contribution in [3.05, 3.63) is 34.3 Å². The molecule has 2 aliphatic carbocycles. The standard InChI is InChI=1S/C20H26ClNO2/c1-13-7-14(3-4-17(13)21)15-5-6-20(10-15)11-22(12-20)18(23)16-8-19(2,24)9-16/h3-4,7,15-16,24H,5-6,8-12H2,1-2H3/t15-,16-,19+/m0/s1. The average Bonchev–Trinajstić information content (AvgIpc) is 2.91. The average molecular weight is 348 g/mol. The fourth-order valence-corrected chi connectivity index (χ4v) is 5.17. The van der Waals surface area contributed by atoms with E-state index in [0.717, 1.165) is 23.7 Å². The molecule has 0 bridgehead atoms. The van der Waals surface area contributed by atoms with Crippen LogP contribution in [-0.2, 0) is 4.79 Å². The summed E-state index contributed by atoms with van der Waals surface area (Å²) in [5.74, 6) is 0.911. The Bertz CT molecular complexity index is 670. The van der Waals surface area contributed by atoms with Crippen LogP contribution in [0.3, 0.4) is 0 Å². The number of carbonyl (C=O) groups is 1. The number of amides is 1. The molecule has 1 saturated heterocycles. The number of likely N-dealkylation sites (tertiary alicyclic amines) is 1. The lowest BCUT2D eigenvalue weighted by Gasteiger charge is -2.52. The van der Waals surface area contributed by atoms with Crippen LogP contribution in [0.5, 0.6) is 0 Å². The normalized spacial score (nSPS) is 34.1. The zero-order valence-electron chi connectivity index (χ0n) is 14.5. The maximum absolute atomic E-state index is 12.5. The number of aryl methyl sites for hydroxylation is 1. The van der Waals surface area contributed by atoms with Gasteiger partial charge in [0.2, 0.25) is 5.91 Å². The van der Waals surface area contributed by atoms with Crippen LogP contribution in [0, 0.1) is 18.3 Å². The van der Waals surface area contributed by atoms with Crippen LogP contribution < -0.4 is 0 Å². The number of nitrogens with zero attached hydrogens (tertiary/aromatic N) is 1. The second-order valence-electron chi connectivity index (χ2n) is 8.74. The van der Waals surface area contributed by atoms with Gasteiger partial charge in [0.25, 0.3) is 0 Å². The highest BCUT2D eigenvalue weighted by molar-refractivity contribution is 6.31. The summed E-state index contributed by atoms with van der Waals surface area (Å²) >= 11 is 6.14. The Kier molecular flexibility index (Phi) is 3.74. The zero-order chi connectivity index (χ0) is 17.1. The third-order valence-electron chi connectivity index (χ3n) is 6.44. The van der Waals surface area contributed by atoms with E-state index in [0.29, 0.717) is 24.2 Å². The summed E-state index contributed by atoms with van der Waals surface area (Å²) in [7, 11) is 0. The lowest BCUT2D eigenvalue weighted by Crippen LogP contribution is -2.61. The quantitative estimate of drug-likeness (QED) is 0.881. The van der Waals surface area contributed by atoms with E-state index in [1.807, 2.05) is 17.9 Å². The van der Waals surface area contributed by atoms with E-state index < -0.39 is 5.60 Å². The molecule has 1 amide bonds. The maximum atomic E-state index is 12.5. The first-order chi connectivity index (χ1) is 11.3. The second kappa shape index (κ2) is 5.47. The predicted molar refractivity (Wildman–Crippen MR) is 95.1 cm³/mol. The van der Waals surface area contributed by atoms with Crippen molar-refractivity contribution in [1.29, 1.82) is 0 Å². The highest BCUT2D eigenvalue weighted by Crippen LogP contribution is 2.53. The molecule has 0 unspecified atom stereocenters. The molecule has 1 N–H and O–H groups in total. The van der Waals surface area contributed by atoms with Crippen molar-refractivity contribution >= 4 is 17.5 Å². The van der Waals surface area contributed by atoms with E-state index in [1.165, 1.54) is 24.8 Å². The molecule has 24 heavy (non-hydrogen) atoms. The van der Waals surface area contributed by atoms with Crippen molar-refractivity contribution in [2.45, 2.75) is 57.5 Å². The van der Waals surface area contributed by atoms with E-state index in [4.69, 9.17) is 11.6 Å². The van der Waals surface area contributed by atoms with Gasteiger partial charge < -0.3 is 10.0 Å². The summed E-state index contributed by atoms with van der Waals surface area (Å²) < 4.78 is 0. The number of benzene rings is 1. The number of halogens is 1. The molecule has 3 nitrogen and oxygen atoms in total. The van der Waals surface area contributed by atoms with Crippen molar-refractivity contribution in [2.75, 3.05) is 13.1 Å². The number of hydrogen-bond donors (Lipinski definition) is 1. The van der Waals surface area contributed by atoms with Crippen LogP contribution in [0.2, 0.25) is 5.02 Å². The summed E-state index contributed by atoms with van der Waals surface area (Å²) in [4.78, 5) is 14.5. The molecule has 3 aliphatic rings. The number of rotatable bonds is 2. The fourth-order valence-electron chi connectivity index (χ4n) is 5.05. The van der Waals surface area contributed by atoms with Crippen molar-refractivity contribution in [3.8, 4) is 0 Å². The Labute approximate surface area is 149 Å². The van der Waals surface area contributed by atoms with Crippen LogP contribution >= 0.6 is 11.6 Å². The molecule has 2 saturated carbocycles.